The number of ether oxygens (including phenoxy) is 1. The van der Waals surface area contributed by atoms with Gasteiger partial charge in [-0.25, -0.2) is 0 Å². The van der Waals surface area contributed by atoms with Gasteiger partial charge in [0.1, 0.15) is 12.9 Å². The van der Waals surface area contributed by atoms with Crippen LogP contribution < -0.4 is 10.1 Å². The Morgan fingerprint density at radius 3 is 2.73 bits per heavy atom. The van der Waals surface area contributed by atoms with Gasteiger partial charge in [-0.1, -0.05) is 27.2 Å². The number of halogens is 1. The maximum absolute atomic E-state index is 12.6. The number of aryl methyl sites for hydroxylation is 1. The van der Waals surface area contributed by atoms with E-state index in [1.165, 1.54) is 18.9 Å². The van der Waals surface area contributed by atoms with E-state index in [-0.39, 0.29) is 5.91 Å². The van der Waals surface area contributed by atoms with Crippen LogP contribution >= 0.6 is 27.7 Å². The summed E-state index contributed by atoms with van der Waals surface area (Å²) in [5.41, 5.74) is -0.221. The Morgan fingerprint density at radius 2 is 2.08 bits per heavy atom. The van der Waals surface area contributed by atoms with Gasteiger partial charge in [0.2, 0.25) is 5.44 Å². The number of thioether (sulfide) groups is 1. The number of oxime groups is 1. The molecule has 1 atom stereocenters. The highest BCUT2D eigenvalue weighted by Crippen LogP contribution is 2.29. The number of fused-ring (bicyclic) bond motifs is 1. The maximum atomic E-state index is 12.6. The second kappa shape index (κ2) is 8.77. The van der Waals surface area contributed by atoms with E-state index in [0.717, 1.165) is 20.8 Å². The molecule has 1 amide bonds. The van der Waals surface area contributed by atoms with Gasteiger partial charge < -0.3 is 14.9 Å². The second-order valence-corrected chi connectivity index (χ2v) is 8.23. The molecular formula is C19H23BrN2O3S. The minimum Gasteiger partial charge on any atom is -0.470 e. The summed E-state index contributed by atoms with van der Waals surface area (Å²) in [6.07, 6.45) is 3.38. The fraction of sp³-hybridized carbons (Fsp3) is 0.368. The average Bonchev–Trinajstić information content (AvgIpc) is 2.57. The number of hydrogen-bond acceptors (Lipinski definition) is 5. The first-order valence-electron chi connectivity index (χ1n) is 8.05. The van der Waals surface area contributed by atoms with Crippen molar-refractivity contribution in [3.05, 3.63) is 40.4 Å². The number of hydrogen-bond donors (Lipinski definition) is 1. The van der Waals surface area contributed by atoms with Gasteiger partial charge in [0.15, 0.2) is 0 Å². The van der Waals surface area contributed by atoms with Gasteiger partial charge in [0.05, 0.1) is 11.8 Å². The highest BCUT2D eigenvalue weighted by atomic mass is 79.9. The van der Waals surface area contributed by atoms with E-state index < -0.39 is 11.0 Å². The lowest BCUT2D eigenvalue weighted by molar-refractivity contribution is -0.125. The fourth-order valence-electron chi connectivity index (χ4n) is 2.49. The molecule has 0 aliphatic carbocycles. The van der Waals surface area contributed by atoms with Crippen molar-refractivity contribution in [2.75, 3.05) is 13.4 Å². The molecular weight excluding hydrogens is 416 g/mol. The minimum absolute atomic E-state index is 0.225. The van der Waals surface area contributed by atoms with Crippen molar-refractivity contribution in [3.8, 4) is 5.75 Å². The standard InChI is InChI=1S/C19H23BrN2O3S/c1-12-8-15(10-13-9-14(20)6-7-16(12)13)25-18(26-5)17(23)22-19(2,3)11-21-24-4/h6-11,18H,1-5H3,(H,22,23)/b21-11+. The molecule has 0 aromatic heterocycles. The molecule has 1 unspecified atom stereocenters. The maximum Gasteiger partial charge on any atom is 0.272 e. The quantitative estimate of drug-likeness (QED) is 0.392. The van der Waals surface area contributed by atoms with Crippen molar-refractivity contribution in [2.24, 2.45) is 5.16 Å². The summed E-state index contributed by atoms with van der Waals surface area (Å²) in [6.45, 7) is 5.70. The molecule has 140 valence electrons. The van der Waals surface area contributed by atoms with Crippen LogP contribution in [-0.4, -0.2) is 36.5 Å². The zero-order chi connectivity index (χ0) is 19.3. The van der Waals surface area contributed by atoms with Crippen LogP contribution in [0.2, 0.25) is 0 Å². The molecule has 0 heterocycles. The Morgan fingerprint density at radius 1 is 1.35 bits per heavy atom. The lowest BCUT2D eigenvalue weighted by Gasteiger charge is -2.24. The van der Waals surface area contributed by atoms with Crippen molar-refractivity contribution in [1.29, 1.82) is 0 Å². The molecule has 0 saturated heterocycles. The smallest absolute Gasteiger partial charge is 0.272 e. The van der Waals surface area contributed by atoms with Crippen LogP contribution in [0.4, 0.5) is 0 Å². The third-order valence-corrected chi connectivity index (χ3v) is 4.92. The number of nitrogens with zero attached hydrogens (tertiary/aromatic N) is 1. The zero-order valence-electron chi connectivity index (χ0n) is 15.5. The van der Waals surface area contributed by atoms with E-state index in [0.29, 0.717) is 5.75 Å². The topological polar surface area (TPSA) is 59.9 Å². The molecule has 26 heavy (non-hydrogen) atoms. The van der Waals surface area contributed by atoms with Crippen LogP contribution in [-0.2, 0) is 9.63 Å². The second-order valence-electron chi connectivity index (χ2n) is 6.42. The van der Waals surface area contributed by atoms with Crippen LogP contribution in [0.25, 0.3) is 10.8 Å². The predicted molar refractivity (Wildman–Crippen MR) is 112 cm³/mol. The van der Waals surface area contributed by atoms with Gasteiger partial charge in [0.25, 0.3) is 5.91 Å². The Balaban J connectivity index is 2.20. The van der Waals surface area contributed by atoms with Crippen LogP contribution in [0.15, 0.2) is 40.0 Å². The molecule has 0 spiro atoms. The lowest BCUT2D eigenvalue weighted by atomic mass is 10.1. The Bertz CT molecular complexity index is 824. The van der Waals surface area contributed by atoms with Crippen LogP contribution in [0, 0.1) is 6.92 Å². The molecule has 2 aromatic rings. The molecule has 0 bridgehead atoms. The van der Waals surface area contributed by atoms with E-state index >= 15 is 0 Å². The Labute approximate surface area is 166 Å². The molecule has 0 aliphatic heterocycles. The van der Waals surface area contributed by atoms with Gasteiger partial charge in [-0.05, 0) is 67.6 Å². The van der Waals surface area contributed by atoms with Crippen molar-refractivity contribution >= 4 is 50.6 Å². The third-order valence-electron chi connectivity index (χ3n) is 3.69. The number of benzene rings is 2. The molecule has 0 saturated carbocycles. The summed E-state index contributed by atoms with van der Waals surface area (Å²) >= 11 is 4.82. The summed E-state index contributed by atoms with van der Waals surface area (Å²) in [6, 6.07) is 10.0. The first kappa shape index (κ1) is 20.6. The Hall–Kier alpha value is -1.73. The minimum atomic E-state index is -0.672. The number of carbonyl (C=O) groups excluding carboxylic acids is 1. The summed E-state index contributed by atoms with van der Waals surface area (Å²) in [5.74, 6) is 0.433. The van der Waals surface area contributed by atoms with E-state index in [1.807, 2.05) is 51.3 Å². The largest absolute Gasteiger partial charge is 0.470 e. The number of carbonyl (C=O) groups is 1. The van der Waals surface area contributed by atoms with Crippen LogP contribution in [0.5, 0.6) is 5.75 Å². The molecule has 7 heteroatoms. The van der Waals surface area contributed by atoms with E-state index in [2.05, 4.69) is 37.3 Å². The van der Waals surface area contributed by atoms with E-state index in [1.54, 1.807) is 6.21 Å². The molecule has 0 aliphatic rings. The average molecular weight is 439 g/mol. The molecule has 1 N–H and O–H groups in total. The van der Waals surface area contributed by atoms with E-state index in [9.17, 15) is 4.79 Å². The summed E-state index contributed by atoms with van der Waals surface area (Å²) in [5, 5.41) is 8.84. The highest BCUT2D eigenvalue weighted by molar-refractivity contribution is 9.10. The first-order valence-corrected chi connectivity index (χ1v) is 10.1. The third kappa shape index (κ3) is 5.38. The van der Waals surface area contributed by atoms with Gasteiger partial charge >= 0.3 is 0 Å². The summed E-state index contributed by atoms with van der Waals surface area (Å²) in [7, 11) is 1.46. The zero-order valence-corrected chi connectivity index (χ0v) is 17.9. The van der Waals surface area contributed by atoms with Gasteiger partial charge in [0, 0.05) is 4.47 Å². The molecule has 0 fully saturated rings. The van der Waals surface area contributed by atoms with Gasteiger partial charge in [-0.15, -0.1) is 11.8 Å². The van der Waals surface area contributed by atoms with Crippen molar-refractivity contribution in [2.45, 2.75) is 31.7 Å². The van der Waals surface area contributed by atoms with Crippen molar-refractivity contribution in [3.63, 3.8) is 0 Å². The first-order chi connectivity index (χ1) is 12.3. The lowest BCUT2D eigenvalue weighted by Crippen LogP contribution is -2.49. The van der Waals surface area contributed by atoms with E-state index in [4.69, 9.17) is 4.74 Å². The van der Waals surface area contributed by atoms with Gasteiger partial charge in [-0.3, -0.25) is 4.79 Å². The van der Waals surface area contributed by atoms with Crippen molar-refractivity contribution in [1.82, 2.24) is 5.32 Å². The van der Waals surface area contributed by atoms with Crippen LogP contribution in [0.3, 0.4) is 0 Å². The highest BCUT2D eigenvalue weighted by Gasteiger charge is 2.26. The Kier molecular flexibility index (Phi) is 6.94. The molecule has 2 aromatic carbocycles. The summed E-state index contributed by atoms with van der Waals surface area (Å²) in [4.78, 5) is 17.3. The SMILES string of the molecule is CO/N=C/C(C)(C)NC(=O)C(Oc1cc(C)c2ccc(Br)cc2c1)SC. The van der Waals surface area contributed by atoms with Gasteiger partial charge in [-0.2, -0.15) is 0 Å². The number of amides is 1. The predicted octanol–water partition coefficient (Wildman–Crippen LogP) is 4.51. The van der Waals surface area contributed by atoms with Crippen LogP contribution in [0.1, 0.15) is 19.4 Å². The normalized spacial score (nSPS) is 13.0. The summed E-state index contributed by atoms with van der Waals surface area (Å²) < 4.78 is 6.96. The molecule has 5 nitrogen and oxygen atoms in total. The fourth-order valence-corrected chi connectivity index (χ4v) is 3.35. The number of nitrogens with one attached hydrogen (secondary N) is 1. The number of rotatable bonds is 7. The van der Waals surface area contributed by atoms with Crippen molar-refractivity contribution < 1.29 is 14.4 Å². The monoisotopic (exact) mass is 438 g/mol. The molecule has 2 rings (SSSR count). The molecule has 0 radical (unpaired) electrons.